The van der Waals surface area contributed by atoms with Crippen molar-refractivity contribution in [1.82, 2.24) is 15.3 Å². The Balaban J connectivity index is 2.52. The first-order valence-electron chi connectivity index (χ1n) is 4.99. The van der Waals surface area contributed by atoms with E-state index in [2.05, 4.69) is 27.2 Å². The number of nitrogens with zero attached hydrogens (tertiary/aromatic N) is 3. The van der Waals surface area contributed by atoms with Gasteiger partial charge in [0.25, 0.3) is 0 Å². The average molecular weight is 226 g/mol. The Morgan fingerprint density at radius 2 is 2.27 bits per heavy atom. The van der Waals surface area contributed by atoms with Crippen LogP contribution in [0, 0.1) is 0 Å². The summed E-state index contributed by atoms with van der Waals surface area (Å²) < 4.78 is 0. The summed E-state index contributed by atoms with van der Waals surface area (Å²) in [7, 11) is 4.03. The third kappa shape index (κ3) is 4.05. The van der Waals surface area contributed by atoms with Crippen molar-refractivity contribution in [3.8, 4) is 0 Å². The fourth-order valence-electron chi connectivity index (χ4n) is 1.26. The lowest BCUT2D eigenvalue weighted by atomic mass is 10.4. The van der Waals surface area contributed by atoms with Crippen LogP contribution in [0.15, 0.2) is 17.4 Å². The molecule has 84 valence electrons. The Hall–Kier alpha value is -0.810. The highest BCUT2D eigenvalue weighted by Gasteiger charge is 2.03. The van der Waals surface area contributed by atoms with Gasteiger partial charge in [-0.15, -0.1) is 11.8 Å². The molecular formula is C10H18N4S. The molecule has 0 bridgehead atoms. The van der Waals surface area contributed by atoms with E-state index in [4.69, 9.17) is 0 Å². The van der Waals surface area contributed by atoms with E-state index in [0.717, 1.165) is 30.4 Å². The summed E-state index contributed by atoms with van der Waals surface area (Å²) >= 11 is 1.64. The van der Waals surface area contributed by atoms with Gasteiger partial charge in [-0.05, 0) is 26.3 Å². The first kappa shape index (κ1) is 12.3. The van der Waals surface area contributed by atoms with Gasteiger partial charge in [0.05, 0.1) is 0 Å². The Morgan fingerprint density at radius 1 is 1.47 bits per heavy atom. The Bertz CT molecular complexity index is 293. The van der Waals surface area contributed by atoms with E-state index in [1.165, 1.54) is 0 Å². The van der Waals surface area contributed by atoms with Crippen LogP contribution in [0.5, 0.6) is 0 Å². The number of aromatic nitrogens is 2. The van der Waals surface area contributed by atoms with Crippen molar-refractivity contribution in [3.63, 3.8) is 0 Å². The summed E-state index contributed by atoms with van der Waals surface area (Å²) in [6.45, 7) is 2.04. The third-order valence-electron chi connectivity index (χ3n) is 2.15. The lowest BCUT2D eigenvalue weighted by Gasteiger charge is -2.17. The van der Waals surface area contributed by atoms with Crippen LogP contribution in [0.4, 0.5) is 5.82 Å². The molecule has 1 heterocycles. The minimum Gasteiger partial charge on any atom is -0.360 e. The minimum absolute atomic E-state index is 0.991. The molecule has 0 unspecified atom stereocenters. The van der Waals surface area contributed by atoms with Crippen LogP contribution in [0.2, 0.25) is 0 Å². The molecule has 0 saturated carbocycles. The van der Waals surface area contributed by atoms with Gasteiger partial charge in [-0.25, -0.2) is 9.97 Å². The summed E-state index contributed by atoms with van der Waals surface area (Å²) in [6, 6.07) is 2.02. The number of thioether (sulfide) groups is 1. The Kier molecular flexibility index (Phi) is 5.42. The molecule has 0 amide bonds. The van der Waals surface area contributed by atoms with Crippen molar-refractivity contribution in [2.75, 3.05) is 38.3 Å². The molecule has 0 spiro atoms. The monoisotopic (exact) mass is 226 g/mol. The standard InChI is InChI=1S/C10H18N4S/c1-11-5-4-6-14(2)9-7-10(15-3)13-8-12-9/h7-8,11H,4-6H2,1-3H3. The van der Waals surface area contributed by atoms with Crippen molar-refractivity contribution in [3.05, 3.63) is 12.4 Å². The van der Waals surface area contributed by atoms with Crippen molar-refractivity contribution in [2.24, 2.45) is 0 Å². The zero-order chi connectivity index (χ0) is 11.1. The summed E-state index contributed by atoms with van der Waals surface area (Å²) in [4.78, 5) is 10.5. The zero-order valence-corrected chi connectivity index (χ0v) is 10.3. The molecule has 0 aromatic carbocycles. The van der Waals surface area contributed by atoms with Gasteiger partial charge in [0, 0.05) is 19.7 Å². The number of hydrogen-bond acceptors (Lipinski definition) is 5. The van der Waals surface area contributed by atoms with E-state index in [1.807, 2.05) is 19.4 Å². The lowest BCUT2D eigenvalue weighted by Crippen LogP contribution is -2.23. The van der Waals surface area contributed by atoms with Crippen molar-refractivity contribution < 1.29 is 0 Å². The maximum atomic E-state index is 4.25. The minimum atomic E-state index is 0.991. The molecule has 4 nitrogen and oxygen atoms in total. The Morgan fingerprint density at radius 3 is 2.93 bits per heavy atom. The fourth-order valence-corrected chi connectivity index (χ4v) is 1.63. The highest BCUT2D eigenvalue weighted by molar-refractivity contribution is 7.98. The first-order valence-corrected chi connectivity index (χ1v) is 6.22. The highest BCUT2D eigenvalue weighted by atomic mass is 32.2. The molecular weight excluding hydrogens is 208 g/mol. The second-order valence-corrected chi connectivity index (χ2v) is 4.12. The van der Waals surface area contributed by atoms with E-state index in [1.54, 1.807) is 18.1 Å². The van der Waals surface area contributed by atoms with Gasteiger partial charge in [0.1, 0.15) is 17.2 Å². The molecule has 0 atom stereocenters. The average Bonchev–Trinajstić information content (AvgIpc) is 2.29. The summed E-state index contributed by atoms with van der Waals surface area (Å²) in [5, 5.41) is 4.15. The molecule has 0 aliphatic heterocycles. The van der Waals surface area contributed by atoms with Crippen LogP contribution in [-0.2, 0) is 0 Å². The zero-order valence-electron chi connectivity index (χ0n) is 9.53. The maximum Gasteiger partial charge on any atom is 0.132 e. The molecule has 5 heteroatoms. The van der Waals surface area contributed by atoms with Gasteiger partial charge in [-0.2, -0.15) is 0 Å². The van der Waals surface area contributed by atoms with Crippen molar-refractivity contribution in [1.29, 1.82) is 0 Å². The molecule has 1 rings (SSSR count). The first-order chi connectivity index (χ1) is 7.27. The van der Waals surface area contributed by atoms with Crippen LogP contribution in [0.3, 0.4) is 0 Å². The van der Waals surface area contributed by atoms with E-state index < -0.39 is 0 Å². The van der Waals surface area contributed by atoms with Gasteiger partial charge < -0.3 is 10.2 Å². The van der Waals surface area contributed by atoms with E-state index in [0.29, 0.717) is 0 Å². The molecule has 0 aliphatic carbocycles. The van der Waals surface area contributed by atoms with Gasteiger partial charge in [0.2, 0.25) is 0 Å². The Labute approximate surface area is 95.5 Å². The molecule has 0 radical (unpaired) electrons. The number of nitrogens with one attached hydrogen (secondary N) is 1. The molecule has 0 saturated heterocycles. The van der Waals surface area contributed by atoms with Crippen LogP contribution >= 0.6 is 11.8 Å². The van der Waals surface area contributed by atoms with Crippen LogP contribution < -0.4 is 10.2 Å². The largest absolute Gasteiger partial charge is 0.360 e. The van der Waals surface area contributed by atoms with Gasteiger partial charge in [-0.3, -0.25) is 0 Å². The van der Waals surface area contributed by atoms with Crippen LogP contribution in [0.1, 0.15) is 6.42 Å². The maximum absolute atomic E-state index is 4.25. The second-order valence-electron chi connectivity index (χ2n) is 3.30. The second kappa shape index (κ2) is 6.63. The number of hydrogen-bond donors (Lipinski definition) is 1. The highest BCUT2D eigenvalue weighted by Crippen LogP contribution is 2.16. The predicted octanol–water partition coefficient (Wildman–Crippen LogP) is 1.24. The summed E-state index contributed by atoms with van der Waals surface area (Å²) in [5.41, 5.74) is 0. The van der Waals surface area contributed by atoms with Crippen molar-refractivity contribution >= 4 is 17.6 Å². The molecule has 1 aromatic heterocycles. The smallest absolute Gasteiger partial charge is 0.132 e. The normalized spacial score (nSPS) is 10.3. The predicted molar refractivity (Wildman–Crippen MR) is 65.6 cm³/mol. The number of rotatable bonds is 6. The molecule has 0 aliphatic rings. The van der Waals surface area contributed by atoms with Gasteiger partial charge in [-0.1, -0.05) is 0 Å². The van der Waals surface area contributed by atoms with Gasteiger partial charge in [0.15, 0.2) is 0 Å². The van der Waals surface area contributed by atoms with Crippen LogP contribution in [-0.4, -0.2) is 43.4 Å². The topological polar surface area (TPSA) is 41.0 Å². The summed E-state index contributed by atoms with van der Waals surface area (Å²) in [5.74, 6) is 0.991. The quantitative estimate of drug-likeness (QED) is 0.449. The molecule has 1 aromatic rings. The fraction of sp³-hybridized carbons (Fsp3) is 0.600. The van der Waals surface area contributed by atoms with E-state index >= 15 is 0 Å². The summed E-state index contributed by atoms with van der Waals surface area (Å²) in [6.07, 6.45) is 4.76. The molecule has 1 N–H and O–H groups in total. The molecule has 0 fully saturated rings. The lowest BCUT2D eigenvalue weighted by molar-refractivity contribution is 0.707. The number of anilines is 1. The third-order valence-corrected chi connectivity index (χ3v) is 2.79. The van der Waals surface area contributed by atoms with Crippen molar-refractivity contribution in [2.45, 2.75) is 11.4 Å². The molecule has 15 heavy (non-hydrogen) atoms. The van der Waals surface area contributed by atoms with E-state index in [-0.39, 0.29) is 0 Å². The van der Waals surface area contributed by atoms with E-state index in [9.17, 15) is 0 Å². The SMILES string of the molecule is CNCCCN(C)c1cc(SC)ncn1. The van der Waals surface area contributed by atoms with Gasteiger partial charge >= 0.3 is 0 Å². The van der Waals surface area contributed by atoms with Crippen LogP contribution in [0.25, 0.3) is 0 Å².